The summed E-state index contributed by atoms with van der Waals surface area (Å²) in [5, 5.41) is 4.61. The van der Waals surface area contributed by atoms with E-state index in [-0.39, 0.29) is 11.4 Å². The third-order valence-corrected chi connectivity index (χ3v) is 3.81. The normalized spacial score (nSPS) is 11.5. The topological polar surface area (TPSA) is 44.1 Å². The van der Waals surface area contributed by atoms with Crippen LogP contribution in [0.15, 0.2) is 34.8 Å². The Morgan fingerprint density at radius 2 is 1.91 bits per heavy atom. The molecule has 5 heteroatoms. The standard InChI is InChI=1S/C17H21BrN2O2/c1-5-22-16(21)14-10-15(17(2,3)4)19-20(14)11-12-6-8-13(18)9-7-12/h6-10H,5,11H2,1-4H3. The number of esters is 1. The Labute approximate surface area is 139 Å². The van der Waals surface area contributed by atoms with Gasteiger partial charge in [0.05, 0.1) is 18.8 Å². The highest BCUT2D eigenvalue weighted by atomic mass is 79.9. The van der Waals surface area contributed by atoms with Crippen molar-refractivity contribution in [2.75, 3.05) is 6.61 Å². The van der Waals surface area contributed by atoms with E-state index < -0.39 is 0 Å². The van der Waals surface area contributed by atoms with Crippen LogP contribution in [0.4, 0.5) is 0 Å². The molecule has 118 valence electrons. The van der Waals surface area contributed by atoms with E-state index in [0.29, 0.717) is 18.8 Å². The van der Waals surface area contributed by atoms with Crippen molar-refractivity contribution >= 4 is 21.9 Å². The maximum absolute atomic E-state index is 12.2. The van der Waals surface area contributed by atoms with E-state index >= 15 is 0 Å². The molecular formula is C17H21BrN2O2. The van der Waals surface area contributed by atoms with Gasteiger partial charge in [-0.15, -0.1) is 0 Å². The molecule has 0 saturated heterocycles. The molecule has 0 N–H and O–H groups in total. The van der Waals surface area contributed by atoms with E-state index in [4.69, 9.17) is 4.74 Å². The van der Waals surface area contributed by atoms with E-state index in [1.165, 1.54) is 0 Å². The number of carbonyl (C=O) groups is 1. The Balaban J connectivity index is 2.37. The summed E-state index contributed by atoms with van der Waals surface area (Å²) in [4.78, 5) is 12.2. The first-order valence-corrected chi connectivity index (χ1v) is 8.10. The fourth-order valence-corrected chi connectivity index (χ4v) is 2.30. The van der Waals surface area contributed by atoms with Gasteiger partial charge < -0.3 is 4.74 Å². The molecular weight excluding hydrogens is 344 g/mol. The van der Waals surface area contributed by atoms with Crippen molar-refractivity contribution in [1.82, 2.24) is 9.78 Å². The van der Waals surface area contributed by atoms with Crippen LogP contribution >= 0.6 is 15.9 Å². The molecule has 0 radical (unpaired) electrons. The van der Waals surface area contributed by atoms with Gasteiger partial charge >= 0.3 is 5.97 Å². The minimum Gasteiger partial charge on any atom is -0.461 e. The molecule has 2 rings (SSSR count). The largest absolute Gasteiger partial charge is 0.461 e. The molecule has 0 saturated carbocycles. The van der Waals surface area contributed by atoms with Crippen LogP contribution in [0.25, 0.3) is 0 Å². The van der Waals surface area contributed by atoms with Crippen LogP contribution in [0.3, 0.4) is 0 Å². The monoisotopic (exact) mass is 364 g/mol. The van der Waals surface area contributed by atoms with Gasteiger partial charge in [-0.3, -0.25) is 4.68 Å². The van der Waals surface area contributed by atoms with Gasteiger partial charge in [0.2, 0.25) is 0 Å². The fraction of sp³-hybridized carbons (Fsp3) is 0.412. The summed E-state index contributed by atoms with van der Waals surface area (Å²) < 4.78 is 7.89. The zero-order chi connectivity index (χ0) is 16.3. The van der Waals surface area contributed by atoms with Crippen molar-refractivity contribution in [1.29, 1.82) is 0 Å². The second kappa shape index (κ2) is 6.65. The van der Waals surface area contributed by atoms with Gasteiger partial charge in [0.1, 0.15) is 5.69 Å². The minimum absolute atomic E-state index is 0.119. The second-order valence-electron chi connectivity index (χ2n) is 6.17. The quantitative estimate of drug-likeness (QED) is 0.764. The number of aromatic nitrogens is 2. The second-order valence-corrected chi connectivity index (χ2v) is 7.09. The Morgan fingerprint density at radius 1 is 1.27 bits per heavy atom. The summed E-state index contributed by atoms with van der Waals surface area (Å²) in [7, 11) is 0. The average molecular weight is 365 g/mol. The zero-order valence-corrected chi connectivity index (χ0v) is 15.0. The number of carbonyl (C=O) groups excluding carboxylic acids is 1. The lowest BCUT2D eigenvalue weighted by Crippen LogP contribution is -2.15. The maximum Gasteiger partial charge on any atom is 0.356 e. The van der Waals surface area contributed by atoms with E-state index in [1.54, 1.807) is 11.6 Å². The van der Waals surface area contributed by atoms with E-state index in [0.717, 1.165) is 15.7 Å². The summed E-state index contributed by atoms with van der Waals surface area (Å²) in [5.41, 5.74) is 2.34. The highest BCUT2D eigenvalue weighted by Gasteiger charge is 2.23. The van der Waals surface area contributed by atoms with Crippen molar-refractivity contribution in [3.05, 3.63) is 51.8 Å². The molecule has 2 aromatic rings. The third-order valence-electron chi connectivity index (χ3n) is 3.28. The smallest absolute Gasteiger partial charge is 0.356 e. The van der Waals surface area contributed by atoms with Crippen molar-refractivity contribution in [2.45, 2.75) is 39.7 Å². The van der Waals surface area contributed by atoms with Gasteiger partial charge in [-0.05, 0) is 30.7 Å². The summed E-state index contributed by atoms with van der Waals surface area (Å²) >= 11 is 3.42. The van der Waals surface area contributed by atoms with Crippen LogP contribution in [-0.4, -0.2) is 22.4 Å². The van der Waals surface area contributed by atoms with Crippen LogP contribution in [-0.2, 0) is 16.7 Å². The van der Waals surface area contributed by atoms with Gasteiger partial charge in [-0.2, -0.15) is 5.10 Å². The molecule has 1 heterocycles. The highest BCUT2D eigenvalue weighted by Crippen LogP contribution is 2.23. The molecule has 0 aliphatic rings. The van der Waals surface area contributed by atoms with Crippen LogP contribution in [0.2, 0.25) is 0 Å². The average Bonchev–Trinajstić information content (AvgIpc) is 2.86. The fourth-order valence-electron chi connectivity index (χ4n) is 2.04. The Morgan fingerprint density at radius 3 is 2.45 bits per heavy atom. The SMILES string of the molecule is CCOC(=O)c1cc(C(C)(C)C)nn1Cc1ccc(Br)cc1. The number of ether oxygens (including phenoxy) is 1. The first kappa shape index (κ1) is 16.7. The Bertz CT molecular complexity index is 654. The molecule has 1 aromatic carbocycles. The van der Waals surface area contributed by atoms with Gasteiger partial charge in [0, 0.05) is 9.89 Å². The predicted molar refractivity (Wildman–Crippen MR) is 90.1 cm³/mol. The molecule has 0 aliphatic carbocycles. The summed E-state index contributed by atoms with van der Waals surface area (Å²) in [6, 6.07) is 9.81. The Kier molecular flexibility index (Phi) is 5.06. The number of hydrogen-bond donors (Lipinski definition) is 0. The molecule has 22 heavy (non-hydrogen) atoms. The maximum atomic E-state index is 12.2. The molecule has 1 aromatic heterocycles. The highest BCUT2D eigenvalue weighted by molar-refractivity contribution is 9.10. The molecule has 0 atom stereocenters. The Hall–Kier alpha value is -1.62. The van der Waals surface area contributed by atoms with Crippen LogP contribution < -0.4 is 0 Å². The minimum atomic E-state index is -0.331. The van der Waals surface area contributed by atoms with Crippen LogP contribution in [0.5, 0.6) is 0 Å². The number of nitrogens with zero attached hydrogens (tertiary/aromatic N) is 2. The van der Waals surface area contributed by atoms with Crippen molar-refractivity contribution in [3.63, 3.8) is 0 Å². The van der Waals surface area contributed by atoms with Gasteiger partial charge in [-0.1, -0.05) is 48.8 Å². The lowest BCUT2D eigenvalue weighted by molar-refractivity contribution is 0.0512. The van der Waals surface area contributed by atoms with E-state index in [1.807, 2.05) is 30.3 Å². The molecule has 0 amide bonds. The van der Waals surface area contributed by atoms with Gasteiger partial charge in [0.25, 0.3) is 0 Å². The number of benzene rings is 1. The van der Waals surface area contributed by atoms with E-state index in [2.05, 4.69) is 41.8 Å². The molecule has 4 nitrogen and oxygen atoms in total. The van der Waals surface area contributed by atoms with Crippen molar-refractivity contribution in [2.24, 2.45) is 0 Å². The molecule has 0 unspecified atom stereocenters. The van der Waals surface area contributed by atoms with E-state index in [9.17, 15) is 4.79 Å². The first-order valence-electron chi connectivity index (χ1n) is 7.31. The lowest BCUT2D eigenvalue weighted by atomic mass is 9.92. The summed E-state index contributed by atoms with van der Waals surface area (Å²) in [6.07, 6.45) is 0. The lowest BCUT2D eigenvalue weighted by Gasteiger charge is -2.14. The van der Waals surface area contributed by atoms with Crippen molar-refractivity contribution < 1.29 is 9.53 Å². The van der Waals surface area contributed by atoms with Gasteiger partial charge in [-0.25, -0.2) is 4.79 Å². The van der Waals surface area contributed by atoms with Crippen molar-refractivity contribution in [3.8, 4) is 0 Å². The zero-order valence-electron chi connectivity index (χ0n) is 13.4. The molecule has 0 bridgehead atoms. The third kappa shape index (κ3) is 3.97. The number of halogens is 1. The van der Waals surface area contributed by atoms with Gasteiger partial charge in [0.15, 0.2) is 0 Å². The van der Waals surface area contributed by atoms with Crippen LogP contribution in [0.1, 0.15) is 49.4 Å². The summed E-state index contributed by atoms with van der Waals surface area (Å²) in [6.45, 7) is 8.93. The molecule has 0 aliphatic heterocycles. The predicted octanol–water partition coefficient (Wildman–Crippen LogP) is 4.17. The summed E-state index contributed by atoms with van der Waals surface area (Å²) in [5.74, 6) is -0.331. The first-order chi connectivity index (χ1) is 10.3. The molecule has 0 spiro atoms. The number of hydrogen-bond acceptors (Lipinski definition) is 3. The van der Waals surface area contributed by atoms with Crippen LogP contribution in [0, 0.1) is 0 Å². The number of rotatable bonds is 4. The molecule has 0 fully saturated rings.